The molecule has 19 heavy (non-hydrogen) atoms. The van der Waals surface area contributed by atoms with E-state index in [-0.39, 0.29) is 0 Å². The van der Waals surface area contributed by atoms with Crippen molar-refractivity contribution in [2.75, 3.05) is 26.1 Å². The van der Waals surface area contributed by atoms with E-state index in [2.05, 4.69) is 0 Å². The molecule has 3 nitrogen and oxygen atoms in total. The van der Waals surface area contributed by atoms with Gasteiger partial charge in [-0.15, -0.1) is 0 Å². The van der Waals surface area contributed by atoms with Gasteiger partial charge in [-0.2, -0.15) is 0 Å². The predicted octanol–water partition coefficient (Wildman–Crippen LogP) is 3.24. The molecule has 0 aliphatic carbocycles. The highest BCUT2D eigenvalue weighted by atomic mass is 16.5. The molecule has 0 saturated heterocycles. The van der Waals surface area contributed by atoms with Crippen LogP contribution < -0.4 is 9.64 Å². The standard InChI is InChI=1S/C16H17NO2/c1-17(2)15-7-5-4-6-13(15)14-10-12(11-18)8-9-16(14)19-3/h4-11H,1-3H3. The highest BCUT2D eigenvalue weighted by Crippen LogP contribution is 2.36. The van der Waals surface area contributed by atoms with Crippen LogP contribution in [0.1, 0.15) is 10.4 Å². The number of carbonyl (C=O) groups excluding carboxylic acids is 1. The van der Waals surface area contributed by atoms with Crippen LogP contribution in [0.4, 0.5) is 5.69 Å². The van der Waals surface area contributed by atoms with Crippen molar-refractivity contribution < 1.29 is 9.53 Å². The number of methoxy groups -OCH3 is 1. The summed E-state index contributed by atoms with van der Waals surface area (Å²) in [6.07, 6.45) is 0.848. The van der Waals surface area contributed by atoms with Gasteiger partial charge in [0.1, 0.15) is 12.0 Å². The maximum atomic E-state index is 11.0. The Labute approximate surface area is 113 Å². The first-order chi connectivity index (χ1) is 9.17. The third-order valence-corrected chi connectivity index (χ3v) is 3.04. The number of ether oxygens (including phenoxy) is 1. The van der Waals surface area contributed by atoms with Crippen LogP contribution in [-0.2, 0) is 0 Å². The minimum atomic E-state index is 0.643. The van der Waals surface area contributed by atoms with Crippen LogP contribution in [0.5, 0.6) is 5.75 Å². The lowest BCUT2D eigenvalue weighted by Gasteiger charge is -2.19. The molecule has 0 saturated carbocycles. The molecule has 0 atom stereocenters. The van der Waals surface area contributed by atoms with E-state index in [0.717, 1.165) is 28.8 Å². The van der Waals surface area contributed by atoms with Crippen molar-refractivity contribution in [3.63, 3.8) is 0 Å². The second-order valence-corrected chi connectivity index (χ2v) is 4.49. The molecule has 0 aliphatic rings. The Bertz CT molecular complexity index is 591. The summed E-state index contributed by atoms with van der Waals surface area (Å²) in [4.78, 5) is 13.0. The van der Waals surface area contributed by atoms with Crippen LogP contribution in [0.15, 0.2) is 42.5 Å². The van der Waals surface area contributed by atoms with E-state index in [1.165, 1.54) is 0 Å². The Balaban J connectivity index is 2.66. The Hall–Kier alpha value is -2.29. The summed E-state index contributed by atoms with van der Waals surface area (Å²) in [5.41, 5.74) is 3.71. The largest absolute Gasteiger partial charge is 0.496 e. The van der Waals surface area contributed by atoms with E-state index in [9.17, 15) is 4.79 Å². The van der Waals surface area contributed by atoms with Crippen LogP contribution in [0.3, 0.4) is 0 Å². The second kappa shape index (κ2) is 5.57. The van der Waals surface area contributed by atoms with Gasteiger partial charge in [0.15, 0.2) is 0 Å². The van der Waals surface area contributed by atoms with Gasteiger partial charge in [-0.25, -0.2) is 0 Å². The van der Waals surface area contributed by atoms with E-state index in [4.69, 9.17) is 4.74 Å². The van der Waals surface area contributed by atoms with Gasteiger partial charge in [-0.1, -0.05) is 18.2 Å². The summed E-state index contributed by atoms with van der Waals surface area (Å²) in [5, 5.41) is 0. The molecule has 0 unspecified atom stereocenters. The highest BCUT2D eigenvalue weighted by Gasteiger charge is 2.11. The smallest absolute Gasteiger partial charge is 0.150 e. The molecule has 0 radical (unpaired) electrons. The van der Waals surface area contributed by atoms with Crippen molar-refractivity contribution >= 4 is 12.0 Å². The number of nitrogens with zero attached hydrogens (tertiary/aromatic N) is 1. The number of aldehydes is 1. The number of para-hydroxylation sites is 1. The fourth-order valence-electron chi connectivity index (χ4n) is 2.10. The van der Waals surface area contributed by atoms with Crippen molar-refractivity contribution in [1.82, 2.24) is 0 Å². The summed E-state index contributed by atoms with van der Waals surface area (Å²) >= 11 is 0. The lowest BCUT2D eigenvalue weighted by Crippen LogP contribution is -2.10. The lowest BCUT2D eigenvalue weighted by atomic mass is 10.00. The van der Waals surface area contributed by atoms with E-state index in [1.807, 2.05) is 55.4 Å². The molecule has 0 bridgehead atoms. The first-order valence-electron chi connectivity index (χ1n) is 6.07. The monoisotopic (exact) mass is 255 g/mol. The molecule has 98 valence electrons. The number of hydrogen-bond donors (Lipinski definition) is 0. The third-order valence-electron chi connectivity index (χ3n) is 3.04. The maximum absolute atomic E-state index is 11.0. The van der Waals surface area contributed by atoms with Crippen molar-refractivity contribution in [2.45, 2.75) is 0 Å². The molecular formula is C16H17NO2. The molecule has 2 aromatic rings. The van der Waals surface area contributed by atoms with Crippen molar-refractivity contribution in [1.29, 1.82) is 0 Å². The summed E-state index contributed by atoms with van der Waals surface area (Å²) in [5.74, 6) is 0.764. The van der Waals surface area contributed by atoms with Crippen LogP contribution >= 0.6 is 0 Å². The third kappa shape index (κ3) is 2.60. The second-order valence-electron chi connectivity index (χ2n) is 4.49. The molecule has 0 N–H and O–H groups in total. The average molecular weight is 255 g/mol. The predicted molar refractivity (Wildman–Crippen MR) is 78.1 cm³/mol. The van der Waals surface area contributed by atoms with Gasteiger partial charge >= 0.3 is 0 Å². The number of benzene rings is 2. The SMILES string of the molecule is COc1ccc(C=O)cc1-c1ccccc1N(C)C. The zero-order valence-electron chi connectivity index (χ0n) is 11.4. The zero-order valence-corrected chi connectivity index (χ0v) is 11.4. The summed E-state index contributed by atoms with van der Waals surface area (Å²) in [6.45, 7) is 0. The average Bonchev–Trinajstić information content (AvgIpc) is 2.46. The fraction of sp³-hybridized carbons (Fsp3) is 0.188. The minimum absolute atomic E-state index is 0.643. The van der Waals surface area contributed by atoms with Gasteiger partial charge in [-0.3, -0.25) is 4.79 Å². The fourth-order valence-corrected chi connectivity index (χ4v) is 2.10. The molecule has 2 rings (SSSR count). The van der Waals surface area contributed by atoms with E-state index in [0.29, 0.717) is 5.56 Å². The van der Waals surface area contributed by atoms with Crippen LogP contribution in [-0.4, -0.2) is 27.5 Å². The number of carbonyl (C=O) groups is 1. The van der Waals surface area contributed by atoms with Gasteiger partial charge in [0, 0.05) is 36.5 Å². The maximum Gasteiger partial charge on any atom is 0.150 e. The van der Waals surface area contributed by atoms with E-state index < -0.39 is 0 Å². The van der Waals surface area contributed by atoms with Crippen LogP contribution in [0.2, 0.25) is 0 Å². The first-order valence-corrected chi connectivity index (χ1v) is 6.07. The Kier molecular flexibility index (Phi) is 3.85. The molecule has 0 fully saturated rings. The molecule has 3 heteroatoms. The molecule has 0 heterocycles. The lowest BCUT2D eigenvalue weighted by molar-refractivity contribution is 0.112. The van der Waals surface area contributed by atoms with Crippen LogP contribution in [0.25, 0.3) is 11.1 Å². The van der Waals surface area contributed by atoms with Crippen LogP contribution in [0, 0.1) is 0 Å². The molecule has 2 aromatic carbocycles. The Morgan fingerprint density at radius 2 is 1.79 bits per heavy atom. The zero-order chi connectivity index (χ0) is 13.8. The van der Waals surface area contributed by atoms with Gasteiger partial charge in [0.25, 0.3) is 0 Å². The quantitative estimate of drug-likeness (QED) is 0.785. The molecule has 0 aliphatic heterocycles. The summed E-state index contributed by atoms with van der Waals surface area (Å²) in [7, 11) is 5.63. The molecular weight excluding hydrogens is 238 g/mol. The number of rotatable bonds is 4. The van der Waals surface area contributed by atoms with Crippen molar-refractivity contribution in [3.05, 3.63) is 48.0 Å². The molecule has 0 spiro atoms. The number of anilines is 1. The van der Waals surface area contributed by atoms with Gasteiger partial charge in [0.2, 0.25) is 0 Å². The number of hydrogen-bond acceptors (Lipinski definition) is 3. The van der Waals surface area contributed by atoms with Gasteiger partial charge in [-0.05, 0) is 24.3 Å². The topological polar surface area (TPSA) is 29.5 Å². The van der Waals surface area contributed by atoms with Crippen molar-refractivity contribution in [3.8, 4) is 16.9 Å². The Morgan fingerprint density at radius 1 is 1.05 bits per heavy atom. The minimum Gasteiger partial charge on any atom is -0.496 e. The molecule has 0 aromatic heterocycles. The summed E-state index contributed by atoms with van der Waals surface area (Å²) in [6, 6.07) is 13.5. The molecule has 0 amide bonds. The van der Waals surface area contributed by atoms with E-state index in [1.54, 1.807) is 13.2 Å². The van der Waals surface area contributed by atoms with Crippen molar-refractivity contribution in [2.24, 2.45) is 0 Å². The van der Waals surface area contributed by atoms with E-state index >= 15 is 0 Å². The first kappa shape index (κ1) is 13.1. The highest BCUT2D eigenvalue weighted by molar-refractivity contribution is 5.86. The van der Waals surface area contributed by atoms with Gasteiger partial charge in [0.05, 0.1) is 7.11 Å². The Morgan fingerprint density at radius 3 is 2.42 bits per heavy atom. The van der Waals surface area contributed by atoms with Gasteiger partial charge < -0.3 is 9.64 Å². The normalized spacial score (nSPS) is 10.1. The summed E-state index contributed by atoms with van der Waals surface area (Å²) < 4.78 is 5.40.